The summed E-state index contributed by atoms with van der Waals surface area (Å²) in [7, 11) is 1.44. The van der Waals surface area contributed by atoms with Crippen LogP contribution in [0.3, 0.4) is 0 Å². The van der Waals surface area contributed by atoms with E-state index in [4.69, 9.17) is 4.74 Å². The molecule has 2 heterocycles. The SMILES string of the molecule is COc1ncc2ccc(NC(F)C(F)F)nc2c1Br. The highest BCUT2D eigenvalue weighted by atomic mass is 79.9. The molecule has 0 spiro atoms. The van der Waals surface area contributed by atoms with Gasteiger partial charge in [0.2, 0.25) is 12.2 Å². The second-order valence-electron chi connectivity index (χ2n) is 3.60. The zero-order chi connectivity index (χ0) is 14.0. The first-order valence-corrected chi connectivity index (χ1v) is 6.00. The van der Waals surface area contributed by atoms with E-state index in [1.54, 1.807) is 6.07 Å². The van der Waals surface area contributed by atoms with Crippen molar-refractivity contribution in [2.75, 3.05) is 12.4 Å². The summed E-state index contributed by atoms with van der Waals surface area (Å²) in [5.74, 6) is 0.317. The molecule has 0 aliphatic carbocycles. The Balaban J connectivity index is 2.41. The van der Waals surface area contributed by atoms with E-state index in [2.05, 4.69) is 25.9 Å². The number of hydrogen-bond acceptors (Lipinski definition) is 4. The van der Waals surface area contributed by atoms with Gasteiger partial charge in [0.05, 0.1) is 12.6 Å². The molecule has 0 amide bonds. The number of ether oxygens (including phenoxy) is 1. The number of methoxy groups -OCH3 is 1. The number of rotatable bonds is 4. The van der Waals surface area contributed by atoms with Crippen molar-refractivity contribution in [2.45, 2.75) is 12.7 Å². The van der Waals surface area contributed by atoms with Crippen LogP contribution in [0.4, 0.5) is 19.0 Å². The van der Waals surface area contributed by atoms with Gasteiger partial charge in [0, 0.05) is 11.6 Å². The Bertz CT molecular complexity index is 597. The number of aromatic nitrogens is 2. The van der Waals surface area contributed by atoms with Crippen LogP contribution in [0.2, 0.25) is 0 Å². The Hall–Kier alpha value is -1.57. The monoisotopic (exact) mass is 335 g/mol. The van der Waals surface area contributed by atoms with E-state index in [1.165, 1.54) is 19.4 Å². The van der Waals surface area contributed by atoms with Crippen molar-refractivity contribution in [3.05, 3.63) is 22.8 Å². The van der Waals surface area contributed by atoms with Crippen molar-refractivity contribution in [3.63, 3.8) is 0 Å². The number of halogens is 4. The third-order valence-electron chi connectivity index (χ3n) is 2.34. The van der Waals surface area contributed by atoms with Crippen molar-refractivity contribution in [2.24, 2.45) is 0 Å². The van der Waals surface area contributed by atoms with Gasteiger partial charge in [0.1, 0.15) is 10.3 Å². The van der Waals surface area contributed by atoms with Gasteiger partial charge in [-0.3, -0.25) is 0 Å². The normalized spacial score (nSPS) is 12.7. The molecule has 19 heavy (non-hydrogen) atoms. The maximum atomic E-state index is 12.9. The summed E-state index contributed by atoms with van der Waals surface area (Å²) in [5, 5.41) is 2.66. The van der Waals surface area contributed by atoms with Crippen LogP contribution >= 0.6 is 15.9 Å². The summed E-state index contributed by atoms with van der Waals surface area (Å²) in [4.78, 5) is 8.07. The van der Waals surface area contributed by atoms with Crippen LogP contribution < -0.4 is 10.1 Å². The maximum Gasteiger partial charge on any atom is 0.287 e. The smallest absolute Gasteiger partial charge is 0.287 e. The Morgan fingerprint density at radius 3 is 2.68 bits per heavy atom. The second-order valence-corrected chi connectivity index (χ2v) is 4.39. The molecule has 2 aromatic rings. The van der Waals surface area contributed by atoms with Crippen molar-refractivity contribution in [3.8, 4) is 5.88 Å². The summed E-state index contributed by atoms with van der Waals surface area (Å²) in [6.07, 6.45) is -4.06. The van der Waals surface area contributed by atoms with E-state index < -0.39 is 12.7 Å². The van der Waals surface area contributed by atoms with Crippen molar-refractivity contribution < 1.29 is 17.9 Å². The van der Waals surface area contributed by atoms with Crippen LogP contribution in [0.5, 0.6) is 5.88 Å². The molecule has 0 bridgehead atoms. The number of nitrogens with zero attached hydrogens (tertiary/aromatic N) is 2. The van der Waals surface area contributed by atoms with Gasteiger partial charge < -0.3 is 10.1 Å². The summed E-state index contributed by atoms with van der Waals surface area (Å²) < 4.78 is 42.6. The van der Waals surface area contributed by atoms with E-state index in [9.17, 15) is 13.2 Å². The minimum Gasteiger partial charge on any atom is -0.480 e. The van der Waals surface area contributed by atoms with Gasteiger partial charge in [0.25, 0.3) is 6.43 Å². The van der Waals surface area contributed by atoms with Gasteiger partial charge in [-0.1, -0.05) is 0 Å². The van der Waals surface area contributed by atoms with Gasteiger partial charge in [-0.15, -0.1) is 0 Å². The lowest BCUT2D eigenvalue weighted by molar-refractivity contribution is 0.0649. The highest BCUT2D eigenvalue weighted by Gasteiger charge is 2.19. The van der Waals surface area contributed by atoms with Crippen molar-refractivity contribution in [1.29, 1.82) is 0 Å². The molecule has 4 nitrogen and oxygen atoms in total. The summed E-state index contributed by atoms with van der Waals surface area (Å²) in [6, 6.07) is 3.00. The molecule has 2 rings (SSSR count). The molecule has 1 atom stereocenters. The largest absolute Gasteiger partial charge is 0.480 e. The molecule has 8 heteroatoms. The van der Waals surface area contributed by atoms with Crippen LogP contribution in [0.25, 0.3) is 10.9 Å². The molecule has 0 fully saturated rings. The standard InChI is InChI=1S/C11H9BrF3N3O/c1-19-11-7(12)8-5(4-16-11)2-3-6(17-8)18-10(15)9(13)14/h2-4,9-10H,1H3,(H,17,18). The fourth-order valence-corrected chi connectivity index (χ4v) is 2.04. The van der Waals surface area contributed by atoms with Crippen LogP contribution in [0.1, 0.15) is 0 Å². The van der Waals surface area contributed by atoms with Crippen LogP contribution in [-0.2, 0) is 0 Å². The minimum atomic E-state index is -3.12. The van der Waals surface area contributed by atoms with Gasteiger partial charge in [0.15, 0.2) is 0 Å². The fourth-order valence-electron chi connectivity index (χ4n) is 1.46. The molecule has 102 valence electrons. The molecule has 1 N–H and O–H groups in total. The second kappa shape index (κ2) is 5.60. The zero-order valence-corrected chi connectivity index (χ0v) is 11.3. The Morgan fingerprint density at radius 1 is 1.32 bits per heavy atom. The number of alkyl halides is 3. The summed E-state index contributed by atoms with van der Waals surface area (Å²) in [6.45, 7) is 0. The molecule has 0 aliphatic heterocycles. The number of nitrogens with one attached hydrogen (secondary N) is 1. The summed E-state index contributed by atoms with van der Waals surface area (Å²) in [5.41, 5.74) is 0.443. The fraction of sp³-hybridized carbons (Fsp3) is 0.273. The van der Waals surface area contributed by atoms with E-state index >= 15 is 0 Å². The van der Waals surface area contributed by atoms with Gasteiger partial charge in [-0.2, -0.15) is 0 Å². The topological polar surface area (TPSA) is 47.0 Å². The van der Waals surface area contributed by atoms with E-state index in [1.807, 2.05) is 5.32 Å². The predicted molar refractivity (Wildman–Crippen MR) is 68.3 cm³/mol. The third-order valence-corrected chi connectivity index (χ3v) is 3.06. The molecule has 0 saturated carbocycles. The molecular formula is C11H9BrF3N3O. The first-order valence-electron chi connectivity index (χ1n) is 5.21. The number of hydrogen-bond donors (Lipinski definition) is 1. The molecular weight excluding hydrogens is 327 g/mol. The zero-order valence-electron chi connectivity index (χ0n) is 9.70. The molecule has 0 aliphatic rings. The van der Waals surface area contributed by atoms with Crippen molar-refractivity contribution in [1.82, 2.24) is 9.97 Å². The molecule has 0 radical (unpaired) electrons. The highest BCUT2D eigenvalue weighted by Crippen LogP contribution is 2.30. The third kappa shape index (κ3) is 2.89. The Labute approximate surface area is 115 Å². The van der Waals surface area contributed by atoms with E-state index in [0.29, 0.717) is 21.3 Å². The lowest BCUT2D eigenvalue weighted by Gasteiger charge is -2.11. The first kappa shape index (κ1) is 13.9. The van der Waals surface area contributed by atoms with E-state index in [0.717, 1.165) is 0 Å². The number of anilines is 1. The molecule has 0 aromatic carbocycles. The Kier molecular flexibility index (Phi) is 4.08. The highest BCUT2D eigenvalue weighted by molar-refractivity contribution is 9.10. The average Bonchev–Trinajstić information content (AvgIpc) is 2.39. The lowest BCUT2D eigenvalue weighted by atomic mass is 10.2. The molecule has 2 aromatic heterocycles. The van der Waals surface area contributed by atoms with E-state index in [-0.39, 0.29) is 5.82 Å². The van der Waals surface area contributed by atoms with Gasteiger partial charge >= 0.3 is 0 Å². The number of pyridine rings is 2. The van der Waals surface area contributed by atoms with Gasteiger partial charge in [-0.25, -0.2) is 23.1 Å². The van der Waals surface area contributed by atoms with Gasteiger partial charge in [-0.05, 0) is 28.1 Å². The lowest BCUT2D eigenvalue weighted by Crippen LogP contribution is -2.22. The molecule has 1 unspecified atom stereocenters. The first-order chi connectivity index (χ1) is 9.02. The molecule has 0 saturated heterocycles. The van der Waals surface area contributed by atoms with Crippen molar-refractivity contribution >= 4 is 32.7 Å². The van der Waals surface area contributed by atoms with Crippen LogP contribution in [0.15, 0.2) is 22.8 Å². The summed E-state index contributed by atoms with van der Waals surface area (Å²) >= 11 is 3.25. The number of fused-ring (bicyclic) bond motifs is 1. The predicted octanol–water partition coefficient (Wildman–Crippen LogP) is 3.37. The maximum absolute atomic E-state index is 12.9. The minimum absolute atomic E-state index is 0.00857. The Morgan fingerprint density at radius 2 is 2.05 bits per heavy atom. The van der Waals surface area contributed by atoms with Crippen LogP contribution in [0, 0.1) is 0 Å². The van der Waals surface area contributed by atoms with Crippen LogP contribution in [-0.4, -0.2) is 29.8 Å². The average molecular weight is 336 g/mol. The quantitative estimate of drug-likeness (QED) is 0.870.